The molecule has 0 aromatic rings. The minimum Gasteiger partial charge on any atom is -0.381 e. The van der Waals surface area contributed by atoms with Gasteiger partial charge < -0.3 is 4.74 Å². The summed E-state index contributed by atoms with van der Waals surface area (Å²) in [4.78, 5) is 0. The van der Waals surface area contributed by atoms with Gasteiger partial charge in [0.1, 0.15) is 0 Å². The molecule has 106 valence electrons. The van der Waals surface area contributed by atoms with Crippen molar-refractivity contribution in [2.24, 2.45) is 5.41 Å². The minimum atomic E-state index is -3.17. The third-order valence-electron chi connectivity index (χ3n) is 4.20. The van der Waals surface area contributed by atoms with Gasteiger partial charge in [-0.15, -0.1) is 0 Å². The van der Waals surface area contributed by atoms with Crippen molar-refractivity contribution in [1.29, 1.82) is 0 Å². The number of alkyl halides is 1. The molecular formula is C12H22BrNO3S. The van der Waals surface area contributed by atoms with Gasteiger partial charge >= 0.3 is 0 Å². The second-order valence-corrected chi connectivity index (χ2v) is 8.12. The molecule has 1 N–H and O–H groups in total. The maximum atomic E-state index is 12.2. The Hall–Kier alpha value is 0.350. The molecule has 18 heavy (non-hydrogen) atoms. The normalized spacial score (nSPS) is 25.4. The van der Waals surface area contributed by atoms with E-state index in [1.807, 2.05) is 0 Å². The van der Waals surface area contributed by atoms with Crippen molar-refractivity contribution < 1.29 is 13.2 Å². The maximum Gasteiger partial charge on any atom is 0.214 e. The van der Waals surface area contributed by atoms with Crippen LogP contribution in [0.1, 0.15) is 38.5 Å². The molecule has 1 heterocycles. The summed E-state index contributed by atoms with van der Waals surface area (Å²) < 4.78 is 32.5. The zero-order chi connectivity index (χ0) is 13.1. The number of hydrogen-bond acceptors (Lipinski definition) is 3. The van der Waals surface area contributed by atoms with E-state index >= 15 is 0 Å². The van der Waals surface area contributed by atoms with E-state index in [0.29, 0.717) is 32.6 Å². The molecule has 2 aliphatic rings. The van der Waals surface area contributed by atoms with Crippen LogP contribution in [0.3, 0.4) is 0 Å². The molecule has 1 aliphatic carbocycles. The fraction of sp³-hybridized carbons (Fsp3) is 1.00. The molecule has 0 aromatic heterocycles. The van der Waals surface area contributed by atoms with E-state index in [1.54, 1.807) is 0 Å². The van der Waals surface area contributed by atoms with E-state index < -0.39 is 10.0 Å². The van der Waals surface area contributed by atoms with Crippen molar-refractivity contribution in [3.8, 4) is 0 Å². The zero-order valence-corrected chi connectivity index (χ0v) is 13.1. The van der Waals surface area contributed by atoms with Gasteiger partial charge in [0.2, 0.25) is 10.0 Å². The highest BCUT2D eigenvalue weighted by Crippen LogP contribution is 2.39. The van der Waals surface area contributed by atoms with Crippen LogP contribution in [-0.2, 0) is 14.8 Å². The Morgan fingerprint density at radius 3 is 2.39 bits per heavy atom. The Kier molecular flexibility index (Phi) is 5.08. The average Bonchev–Trinajstić information content (AvgIpc) is 2.87. The van der Waals surface area contributed by atoms with Gasteiger partial charge in [-0.25, -0.2) is 13.1 Å². The molecular weight excluding hydrogens is 318 g/mol. The van der Waals surface area contributed by atoms with Crippen molar-refractivity contribution in [2.75, 3.05) is 25.1 Å². The van der Waals surface area contributed by atoms with E-state index in [9.17, 15) is 8.42 Å². The molecule has 1 saturated carbocycles. The van der Waals surface area contributed by atoms with Crippen molar-refractivity contribution in [1.82, 2.24) is 4.72 Å². The molecule has 1 saturated heterocycles. The number of hydrogen-bond donors (Lipinski definition) is 1. The van der Waals surface area contributed by atoms with Crippen molar-refractivity contribution in [2.45, 2.75) is 43.8 Å². The molecule has 0 spiro atoms. The summed E-state index contributed by atoms with van der Waals surface area (Å²) in [6, 6.07) is 0. The molecule has 2 rings (SSSR count). The third-order valence-corrected chi connectivity index (χ3v) is 7.29. The van der Waals surface area contributed by atoms with Crippen LogP contribution in [0, 0.1) is 5.41 Å². The predicted octanol–water partition coefficient (Wildman–Crippen LogP) is 2.04. The number of nitrogens with one attached hydrogen (secondary N) is 1. The molecule has 2 fully saturated rings. The van der Waals surface area contributed by atoms with Gasteiger partial charge in [-0.2, -0.15) is 0 Å². The first kappa shape index (κ1) is 14.8. The molecule has 6 heteroatoms. The third kappa shape index (κ3) is 3.46. The quantitative estimate of drug-likeness (QED) is 0.780. The lowest BCUT2D eigenvalue weighted by Gasteiger charge is -2.29. The van der Waals surface area contributed by atoms with E-state index in [1.165, 1.54) is 12.8 Å². The first-order valence-corrected chi connectivity index (χ1v) is 9.37. The molecule has 0 radical (unpaired) electrons. The smallest absolute Gasteiger partial charge is 0.214 e. The maximum absolute atomic E-state index is 12.2. The van der Waals surface area contributed by atoms with Gasteiger partial charge in [-0.3, -0.25) is 0 Å². The Morgan fingerprint density at radius 1 is 1.22 bits per heavy atom. The van der Waals surface area contributed by atoms with Gasteiger partial charge in [0, 0.05) is 25.1 Å². The molecule has 0 bridgehead atoms. The number of halogens is 1. The van der Waals surface area contributed by atoms with E-state index in [0.717, 1.165) is 18.2 Å². The lowest BCUT2D eigenvalue weighted by Crippen LogP contribution is -2.43. The Bertz CT molecular complexity index is 360. The second kappa shape index (κ2) is 6.20. The van der Waals surface area contributed by atoms with Crippen LogP contribution in [0.15, 0.2) is 0 Å². The predicted molar refractivity (Wildman–Crippen MR) is 75.5 cm³/mol. The first-order valence-electron chi connectivity index (χ1n) is 6.70. The summed E-state index contributed by atoms with van der Waals surface area (Å²) in [5.74, 6) is 0. The van der Waals surface area contributed by atoms with Gasteiger partial charge in [-0.05, 0) is 31.1 Å². The van der Waals surface area contributed by atoms with E-state index in [2.05, 4.69) is 20.7 Å². The minimum absolute atomic E-state index is 0.137. The monoisotopic (exact) mass is 339 g/mol. The van der Waals surface area contributed by atoms with Crippen LogP contribution in [0.4, 0.5) is 0 Å². The van der Waals surface area contributed by atoms with Crippen LogP contribution in [0.2, 0.25) is 0 Å². The van der Waals surface area contributed by atoms with Gasteiger partial charge in [-0.1, -0.05) is 28.8 Å². The number of ether oxygens (including phenoxy) is 1. The highest BCUT2D eigenvalue weighted by molar-refractivity contribution is 9.09. The average molecular weight is 340 g/mol. The van der Waals surface area contributed by atoms with Crippen LogP contribution in [0.5, 0.6) is 0 Å². The molecule has 0 amide bonds. The molecule has 0 aromatic carbocycles. The summed E-state index contributed by atoms with van der Waals surface area (Å²) in [5.41, 5.74) is 0.137. The number of rotatable bonds is 5. The molecule has 4 nitrogen and oxygen atoms in total. The van der Waals surface area contributed by atoms with Crippen LogP contribution >= 0.6 is 15.9 Å². The summed E-state index contributed by atoms with van der Waals surface area (Å²) >= 11 is 3.54. The number of sulfonamides is 1. The summed E-state index contributed by atoms with van der Waals surface area (Å²) in [6.45, 7) is 1.71. The largest absolute Gasteiger partial charge is 0.381 e. The highest BCUT2D eigenvalue weighted by atomic mass is 79.9. The fourth-order valence-electron chi connectivity index (χ4n) is 2.84. The topological polar surface area (TPSA) is 55.4 Å². The Balaban J connectivity index is 1.91. The summed E-state index contributed by atoms with van der Waals surface area (Å²) in [5, 5.41) is 0.621. The summed E-state index contributed by atoms with van der Waals surface area (Å²) in [7, 11) is -3.17. The van der Waals surface area contributed by atoms with Crippen molar-refractivity contribution >= 4 is 26.0 Å². The first-order chi connectivity index (χ1) is 8.58. The van der Waals surface area contributed by atoms with Crippen LogP contribution in [-0.4, -0.2) is 38.8 Å². The Morgan fingerprint density at radius 2 is 1.83 bits per heavy atom. The van der Waals surface area contributed by atoms with Crippen LogP contribution in [0.25, 0.3) is 0 Å². The highest BCUT2D eigenvalue weighted by Gasteiger charge is 2.35. The van der Waals surface area contributed by atoms with Crippen molar-refractivity contribution in [3.63, 3.8) is 0 Å². The molecule has 0 atom stereocenters. The zero-order valence-electron chi connectivity index (χ0n) is 10.7. The second-order valence-electron chi connectivity index (χ2n) is 5.52. The standard InChI is InChI=1S/C12H22BrNO3S/c13-9-12(5-1-2-6-12)10-14-18(15,16)11-3-7-17-8-4-11/h11,14H,1-10H2. The van der Waals surface area contributed by atoms with Crippen LogP contribution < -0.4 is 4.72 Å². The molecule has 0 unspecified atom stereocenters. The van der Waals surface area contributed by atoms with Gasteiger partial charge in [0.05, 0.1) is 5.25 Å². The lowest BCUT2D eigenvalue weighted by atomic mass is 9.89. The van der Waals surface area contributed by atoms with Crippen molar-refractivity contribution in [3.05, 3.63) is 0 Å². The van der Waals surface area contributed by atoms with Gasteiger partial charge in [0.25, 0.3) is 0 Å². The lowest BCUT2D eigenvalue weighted by molar-refractivity contribution is 0.0981. The van der Waals surface area contributed by atoms with E-state index in [-0.39, 0.29) is 10.7 Å². The Labute approximate surface area is 118 Å². The SMILES string of the molecule is O=S(=O)(NCC1(CBr)CCCC1)C1CCOCC1. The van der Waals surface area contributed by atoms with E-state index in [4.69, 9.17) is 4.74 Å². The fourth-order valence-corrected chi connectivity index (χ4v) is 5.16. The molecule has 1 aliphatic heterocycles. The summed E-state index contributed by atoms with van der Waals surface area (Å²) in [6.07, 6.45) is 5.91. The van der Waals surface area contributed by atoms with Gasteiger partial charge in [0.15, 0.2) is 0 Å².